The van der Waals surface area contributed by atoms with E-state index in [9.17, 15) is 0 Å². The van der Waals surface area contributed by atoms with E-state index in [0.717, 1.165) is 4.91 Å². The zero-order valence-corrected chi connectivity index (χ0v) is 9.17. The first-order valence-corrected chi connectivity index (χ1v) is 4.76. The van der Waals surface area contributed by atoms with Gasteiger partial charge in [-0.25, -0.2) is 8.20 Å². The van der Waals surface area contributed by atoms with Crippen LogP contribution in [0.2, 0.25) is 0 Å². The summed E-state index contributed by atoms with van der Waals surface area (Å²) in [6, 6.07) is 0. The van der Waals surface area contributed by atoms with E-state index in [-0.39, 0.29) is 0 Å². The predicted molar refractivity (Wildman–Crippen MR) is 62.5 cm³/mol. The van der Waals surface area contributed by atoms with Gasteiger partial charge in [0.1, 0.15) is 6.34 Å². The first kappa shape index (κ1) is 10.9. The van der Waals surface area contributed by atoms with Crippen LogP contribution in [0.5, 0.6) is 0 Å². The Hall–Kier alpha value is -0.100. The van der Waals surface area contributed by atoms with Crippen molar-refractivity contribution in [1.29, 1.82) is 0 Å². The van der Waals surface area contributed by atoms with Gasteiger partial charge in [-0.2, -0.15) is 0 Å². The highest BCUT2D eigenvalue weighted by atomic mass is 127. The largest absolute Gasteiger partial charge is 0.237 e. The van der Waals surface area contributed by atoms with Crippen molar-refractivity contribution in [3.63, 3.8) is 0 Å². The maximum Gasteiger partial charge on any atom is 0.122 e. The maximum absolute atomic E-state index is 3.88. The van der Waals surface area contributed by atoms with Crippen LogP contribution in [0.1, 0.15) is 6.92 Å². The topological polar surface area (TPSA) is 24.7 Å². The number of rotatable bonds is 4. The lowest BCUT2D eigenvalue weighted by atomic mass is 10.5. The highest BCUT2D eigenvalue weighted by Gasteiger charge is 1.81. The molecule has 0 N–H and O–H groups in total. The van der Waals surface area contributed by atoms with Gasteiger partial charge in [0.05, 0.1) is 28.4 Å². The summed E-state index contributed by atoms with van der Waals surface area (Å²) in [5.74, 6) is 0. The Kier molecular flexibility index (Phi) is 7.93. The van der Waals surface area contributed by atoms with E-state index in [1.54, 1.807) is 23.4 Å². The Bertz CT molecular complexity index is 197. The van der Waals surface area contributed by atoms with Gasteiger partial charge in [-0.15, -0.1) is 0 Å². The monoisotopic (exact) mass is 280 g/mol. The molecule has 0 aliphatic heterocycles. The quantitative estimate of drug-likeness (QED) is 0.336. The molecule has 0 aromatic carbocycles. The normalized spacial score (nSPS) is 13.1. The van der Waals surface area contributed by atoms with Gasteiger partial charge in [0.2, 0.25) is 0 Å². The third-order valence-corrected chi connectivity index (χ3v) is 1.75. The Morgan fingerprint density at radius 2 is 2.36 bits per heavy atom. The summed E-state index contributed by atoms with van der Waals surface area (Å²) >= 11 is 3.42. The standard InChI is InChI=1S/C7H9IN2S/c1-3-4-7(2)11-6-9-5-10-8/h3-6H,1H2,2H3/b7-4+,9-6?,10-5?. The number of aliphatic imine (C=N–C) groups is 1. The number of halogens is 1. The molecular weight excluding hydrogens is 271 g/mol. The van der Waals surface area contributed by atoms with E-state index in [2.05, 4.69) is 14.8 Å². The molecule has 0 rings (SSSR count). The second kappa shape index (κ2) is 8.00. The number of allylic oxidation sites excluding steroid dienone is 3. The molecule has 0 saturated carbocycles. The van der Waals surface area contributed by atoms with Crippen LogP contribution in [0, 0.1) is 0 Å². The van der Waals surface area contributed by atoms with Crippen molar-refractivity contribution in [2.75, 3.05) is 0 Å². The minimum absolute atomic E-state index is 1.16. The molecule has 0 bridgehead atoms. The molecule has 0 heterocycles. The van der Waals surface area contributed by atoms with Crippen LogP contribution in [0.15, 0.2) is 31.8 Å². The minimum atomic E-state index is 1.16. The molecule has 4 heteroatoms. The molecule has 0 unspecified atom stereocenters. The molecule has 0 aromatic rings. The summed E-state index contributed by atoms with van der Waals surface area (Å²) < 4.78 is 3.67. The van der Waals surface area contributed by atoms with Crippen molar-refractivity contribution in [3.05, 3.63) is 23.6 Å². The van der Waals surface area contributed by atoms with Crippen molar-refractivity contribution in [2.45, 2.75) is 6.92 Å². The summed E-state index contributed by atoms with van der Waals surface area (Å²) in [6.07, 6.45) is 5.18. The molecule has 0 aromatic heterocycles. The highest BCUT2D eigenvalue weighted by Crippen LogP contribution is 2.10. The van der Waals surface area contributed by atoms with Gasteiger partial charge in [-0.1, -0.05) is 30.5 Å². The highest BCUT2D eigenvalue weighted by molar-refractivity contribution is 14.1. The Morgan fingerprint density at radius 1 is 1.64 bits per heavy atom. The summed E-state index contributed by atoms with van der Waals surface area (Å²) in [4.78, 5) is 5.03. The third kappa shape index (κ3) is 7.80. The van der Waals surface area contributed by atoms with E-state index in [4.69, 9.17) is 0 Å². The molecule has 0 aliphatic rings. The zero-order chi connectivity index (χ0) is 8.53. The lowest BCUT2D eigenvalue weighted by Gasteiger charge is -1.88. The lowest BCUT2D eigenvalue weighted by Crippen LogP contribution is -1.68. The Labute approximate surface area is 85.1 Å². The number of thioether (sulfide) groups is 1. The summed E-state index contributed by atoms with van der Waals surface area (Å²) in [6.45, 7) is 5.58. The van der Waals surface area contributed by atoms with Gasteiger partial charge >= 0.3 is 0 Å². The van der Waals surface area contributed by atoms with Crippen molar-refractivity contribution in [1.82, 2.24) is 0 Å². The van der Waals surface area contributed by atoms with Crippen LogP contribution >= 0.6 is 34.6 Å². The van der Waals surface area contributed by atoms with E-state index < -0.39 is 0 Å². The fourth-order valence-corrected chi connectivity index (χ4v) is 0.971. The van der Waals surface area contributed by atoms with Crippen molar-refractivity contribution in [2.24, 2.45) is 8.20 Å². The molecule has 0 saturated heterocycles. The van der Waals surface area contributed by atoms with Gasteiger partial charge < -0.3 is 0 Å². The predicted octanol–water partition coefficient (Wildman–Crippen LogP) is 3.22. The van der Waals surface area contributed by atoms with Crippen LogP contribution in [0.25, 0.3) is 0 Å². The summed E-state index contributed by atoms with van der Waals surface area (Å²) in [5.41, 5.74) is 1.73. The maximum atomic E-state index is 3.88. The van der Waals surface area contributed by atoms with Crippen LogP contribution in [0.3, 0.4) is 0 Å². The van der Waals surface area contributed by atoms with Crippen LogP contribution in [-0.4, -0.2) is 11.9 Å². The molecule has 11 heavy (non-hydrogen) atoms. The van der Waals surface area contributed by atoms with Crippen molar-refractivity contribution in [3.8, 4) is 0 Å². The minimum Gasteiger partial charge on any atom is -0.237 e. The molecular formula is C7H9IN2S. The average molecular weight is 280 g/mol. The van der Waals surface area contributed by atoms with E-state index in [1.165, 1.54) is 6.34 Å². The molecule has 0 fully saturated rings. The number of nitrogens with zero attached hydrogens (tertiary/aromatic N) is 2. The van der Waals surface area contributed by atoms with Crippen LogP contribution in [0.4, 0.5) is 0 Å². The van der Waals surface area contributed by atoms with Gasteiger partial charge in [0.15, 0.2) is 0 Å². The molecule has 2 nitrogen and oxygen atoms in total. The van der Waals surface area contributed by atoms with Gasteiger partial charge in [0.25, 0.3) is 0 Å². The summed E-state index contributed by atoms with van der Waals surface area (Å²) in [7, 11) is 0. The second-order valence-electron chi connectivity index (χ2n) is 1.60. The number of hydrogen-bond donors (Lipinski definition) is 0. The first-order valence-electron chi connectivity index (χ1n) is 2.91. The van der Waals surface area contributed by atoms with E-state index in [0.29, 0.717) is 0 Å². The van der Waals surface area contributed by atoms with E-state index in [1.807, 2.05) is 35.9 Å². The third-order valence-electron chi connectivity index (χ3n) is 0.762. The van der Waals surface area contributed by atoms with Gasteiger partial charge in [-0.3, -0.25) is 0 Å². The van der Waals surface area contributed by atoms with Crippen LogP contribution < -0.4 is 0 Å². The van der Waals surface area contributed by atoms with Gasteiger partial charge in [-0.05, 0) is 11.8 Å². The van der Waals surface area contributed by atoms with Crippen LogP contribution in [-0.2, 0) is 0 Å². The fraction of sp³-hybridized carbons (Fsp3) is 0.143. The lowest BCUT2D eigenvalue weighted by molar-refractivity contribution is 1.68. The smallest absolute Gasteiger partial charge is 0.122 e. The Balaban J connectivity index is 3.69. The zero-order valence-electron chi connectivity index (χ0n) is 6.20. The molecule has 0 radical (unpaired) electrons. The second-order valence-corrected chi connectivity index (χ2v) is 3.25. The molecule has 0 atom stereocenters. The van der Waals surface area contributed by atoms with E-state index >= 15 is 0 Å². The van der Waals surface area contributed by atoms with Gasteiger partial charge in [0, 0.05) is 0 Å². The SMILES string of the molecule is C=C/C=C(\C)SC=NC=NI. The average Bonchev–Trinajstić information content (AvgIpc) is 1.99. The molecule has 0 amide bonds. The Morgan fingerprint density at radius 3 is 2.91 bits per heavy atom. The molecule has 60 valence electrons. The number of hydrogen-bond acceptors (Lipinski definition) is 2. The van der Waals surface area contributed by atoms with Crippen molar-refractivity contribution >= 4 is 46.5 Å². The molecule has 0 aliphatic carbocycles. The fourth-order valence-electron chi connectivity index (χ4n) is 0.371. The van der Waals surface area contributed by atoms with Crippen molar-refractivity contribution < 1.29 is 0 Å². The summed E-state index contributed by atoms with van der Waals surface area (Å²) in [5, 5.41) is 0. The molecule has 0 spiro atoms. The first-order chi connectivity index (χ1) is 5.31.